The maximum Gasteiger partial charge on any atom is 0.228 e. The smallest absolute Gasteiger partial charge is 0.228 e. The predicted molar refractivity (Wildman–Crippen MR) is 101 cm³/mol. The van der Waals surface area contributed by atoms with Crippen LogP contribution in [0.1, 0.15) is 30.5 Å². The molecule has 128 valence electrons. The van der Waals surface area contributed by atoms with E-state index in [1.165, 1.54) is 18.3 Å². The second kappa shape index (κ2) is 7.44. The number of anilines is 1. The summed E-state index contributed by atoms with van der Waals surface area (Å²) in [4.78, 5) is 28.4. The number of carbonyl (C=O) groups excluding carboxylic acids is 2. The molecule has 0 spiro atoms. The maximum absolute atomic E-state index is 12.4. The molecule has 1 heterocycles. The first-order valence-corrected chi connectivity index (χ1v) is 8.82. The lowest BCUT2D eigenvalue weighted by molar-refractivity contribution is -0.120. The third kappa shape index (κ3) is 4.22. The first-order valence-electron chi connectivity index (χ1n) is 8.01. The molecule has 0 saturated carbocycles. The highest BCUT2D eigenvalue weighted by molar-refractivity contribution is 7.22. The van der Waals surface area contributed by atoms with Gasteiger partial charge in [0.15, 0.2) is 5.13 Å². The van der Waals surface area contributed by atoms with Crippen LogP contribution in [0.2, 0.25) is 0 Å². The van der Waals surface area contributed by atoms with Crippen LogP contribution in [0.4, 0.5) is 5.13 Å². The molecule has 0 aliphatic heterocycles. The fourth-order valence-electron chi connectivity index (χ4n) is 2.68. The van der Waals surface area contributed by atoms with Crippen molar-refractivity contribution in [2.45, 2.75) is 26.3 Å². The summed E-state index contributed by atoms with van der Waals surface area (Å²) in [5.41, 5.74) is 2.88. The van der Waals surface area contributed by atoms with E-state index < -0.39 is 0 Å². The maximum atomic E-state index is 12.4. The van der Waals surface area contributed by atoms with Crippen molar-refractivity contribution in [2.24, 2.45) is 0 Å². The summed E-state index contributed by atoms with van der Waals surface area (Å²) in [5.74, 6) is -0.350. The number of thiazole rings is 1. The number of hydrogen-bond acceptors (Lipinski definition) is 4. The van der Waals surface area contributed by atoms with E-state index in [0.717, 1.165) is 21.3 Å². The van der Waals surface area contributed by atoms with Gasteiger partial charge < -0.3 is 10.6 Å². The van der Waals surface area contributed by atoms with Gasteiger partial charge >= 0.3 is 0 Å². The third-order valence-electron chi connectivity index (χ3n) is 3.84. The molecule has 0 fully saturated rings. The van der Waals surface area contributed by atoms with E-state index in [1.807, 2.05) is 55.5 Å². The first-order chi connectivity index (χ1) is 12.0. The second-order valence-electron chi connectivity index (χ2n) is 5.86. The van der Waals surface area contributed by atoms with E-state index in [9.17, 15) is 9.59 Å². The summed E-state index contributed by atoms with van der Waals surface area (Å²) in [6.45, 7) is 3.44. The minimum atomic E-state index is -0.366. The summed E-state index contributed by atoms with van der Waals surface area (Å²) in [5, 5.41) is 6.25. The van der Waals surface area contributed by atoms with Crippen LogP contribution in [0, 0.1) is 6.92 Å². The molecule has 1 atom stereocenters. The minimum absolute atomic E-state index is 0.151. The van der Waals surface area contributed by atoms with Gasteiger partial charge in [0.25, 0.3) is 0 Å². The molecule has 0 bridgehead atoms. The van der Waals surface area contributed by atoms with Gasteiger partial charge in [-0.1, -0.05) is 53.8 Å². The van der Waals surface area contributed by atoms with Crippen LogP contribution in [0.25, 0.3) is 10.2 Å². The van der Waals surface area contributed by atoms with Crippen molar-refractivity contribution in [1.29, 1.82) is 0 Å². The largest absolute Gasteiger partial charge is 0.349 e. The summed E-state index contributed by atoms with van der Waals surface area (Å²) in [6, 6.07) is 15.1. The fourth-order valence-corrected chi connectivity index (χ4v) is 3.64. The fraction of sp³-hybridized carbons (Fsp3) is 0.211. The van der Waals surface area contributed by atoms with Crippen LogP contribution in [-0.2, 0) is 9.59 Å². The van der Waals surface area contributed by atoms with Gasteiger partial charge in [0.1, 0.15) is 0 Å². The Morgan fingerprint density at radius 1 is 1.12 bits per heavy atom. The molecule has 6 heteroatoms. The van der Waals surface area contributed by atoms with Crippen molar-refractivity contribution in [3.63, 3.8) is 0 Å². The predicted octanol–water partition coefficient (Wildman–Crippen LogP) is 3.81. The zero-order chi connectivity index (χ0) is 17.8. The lowest BCUT2D eigenvalue weighted by Gasteiger charge is -2.17. The summed E-state index contributed by atoms with van der Waals surface area (Å²) >= 11 is 1.45. The van der Waals surface area contributed by atoms with Crippen molar-refractivity contribution in [3.8, 4) is 0 Å². The number of fused-ring (bicyclic) bond motifs is 1. The quantitative estimate of drug-likeness (QED) is 0.733. The molecule has 1 aromatic heterocycles. The Morgan fingerprint density at radius 2 is 1.88 bits per heavy atom. The Morgan fingerprint density at radius 3 is 2.56 bits per heavy atom. The van der Waals surface area contributed by atoms with Gasteiger partial charge in [-0.3, -0.25) is 9.59 Å². The molecule has 2 amide bonds. The third-order valence-corrected chi connectivity index (χ3v) is 4.77. The monoisotopic (exact) mass is 353 g/mol. The average Bonchev–Trinajstić information content (AvgIpc) is 2.98. The number of aromatic nitrogens is 1. The van der Waals surface area contributed by atoms with Gasteiger partial charge in [0, 0.05) is 6.92 Å². The number of carbonyl (C=O) groups is 2. The summed E-state index contributed by atoms with van der Waals surface area (Å²) in [6.07, 6.45) is 0.151. The molecule has 0 aliphatic carbocycles. The molecule has 3 rings (SSSR count). The normalized spacial score (nSPS) is 11.9. The van der Waals surface area contributed by atoms with Crippen LogP contribution >= 0.6 is 11.3 Å². The first kappa shape index (κ1) is 17.1. The van der Waals surface area contributed by atoms with Gasteiger partial charge in [0.05, 0.1) is 22.7 Å². The van der Waals surface area contributed by atoms with E-state index in [0.29, 0.717) is 5.13 Å². The van der Waals surface area contributed by atoms with Crippen molar-refractivity contribution >= 4 is 38.5 Å². The molecule has 5 nitrogen and oxygen atoms in total. The molecule has 0 aliphatic rings. The van der Waals surface area contributed by atoms with Crippen molar-refractivity contribution in [1.82, 2.24) is 10.3 Å². The van der Waals surface area contributed by atoms with Gasteiger partial charge in [-0.15, -0.1) is 0 Å². The van der Waals surface area contributed by atoms with Crippen molar-refractivity contribution in [3.05, 3.63) is 59.7 Å². The molecule has 3 aromatic rings. The number of rotatable bonds is 5. The highest BCUT2D eigenvalue weighted by Crippen LogP contribution is 2.28. The number of nitrogens with one attached hydrogen (secondary N) is 2. The van der Waals surface area contributed by atoms with E-state index >= 15 is 0 Å². The number of para-hydroxylation sites is 1. The Kier molecular flexibility index (Phi) is 5.09. The summed E-state index contributed by atoms with van der Waals surface area (Å²) < 4.78 is 1.04. The van der Waals surface area contributed by atoms with Crippen LogP contribution in [0.3, 0.4) is 0 Å². The topological polar surface area (TPSA) is 71.1 Å². The number of benzene rings is 2. The van der Waals surface area contributed by atoms with E-state index in [1.54, 1.807) is 0 Å². The van der Waals surface area contributed by atoms with Crippen molar-refractivity contribution < 1.29 is 9.59 Å². The zero-order valence-electron chi connectivity index (χ0n) is 14.1. The highest BCUT2D eigenvalue weighted by Gasteiger charge is 2.18. The van der Waals surface area contributed by atoms with Gasteiger partial charge in [-0.2, -0.15) is 0 Å². The standard InChI is InChI=1S/C19H19N3O2S/c1-12-7-6-10-16-18(12)22-19(25-16)21-17(24)11-15(20-13(2)23)14-8-4-3-5-9-14/h3-10,15H,11H2,1-2H3,(H,20,23)(H,21,22,24)/t15-/m0/s1. The van der Waals surface area contributed by atoms with E-state index in [-0.39, 0.29) is 24.3 Å². The molecular weight excluding hydrogens is 334 g/mol. The molecule has 2 N–H and O–H groups in total. The molecule has 0 saturated heterocycles. The average molecular weight is 353 g/mol. The van der Waals surface area contributed by atoms with Gasteiger partial charge in [-0.05, 0) is 24.1 Å². The lowest BCUT2D eigenvalue weighted by Crippen LogP contribution is -2.29. The van der Waals surface area contributed by atoms with Crippen LogP contribution in [0.5, 0.6) is 0 Å². The summed E-state index contributed by atoms with van der Waals surface area (Å²) in [7, 11) is 0. The van der Waals surface area contributed by atoms with Gasteiger partial charge in [0.2, 0.25) is 11.8 Å². The number of nitrogens with zero attached hydrogens (tertiary/aromatic N) is 1. The van der Waals surface area contributed by atoms with Crippen molar-refractivity contribution in [2.75, 3.05) is 5.32 Å². The Hall–Kier alpha value is -2.73. The number of aryl methyl sites for hydroxylation is 1. The molecule has 2 aromatic carbocycles. The minimum Gasteiger partial charge on any atom is -0.349 e. The van der Waals surface area contributed by atoms with Crippen LogP contribution < -0.4 is 10.6 Å². The van der Waals surface area contributed by atoms with E-state index in [2.05, 4.69) is 15.6 Å². The van der Waals surface area contributed by atoms with E-state index in [4.69, 9.17) is 0 Å². The van der Waals surface area contributed by atoms with Gasteiger partial charge in [-0.25, -0.2) is 4.98 Å². The van der Waals surface area contributed by atoms with Crippen LogP contribution in [0.15, 0.2) is 48.5 Å². The second-order valence-corrected chi connectivity index (χ2v) is 6.89. The lowest BCUT2D eigenvalue weighted by atomic mass is 10.0. The Balaban J connectivity index is 1.74. The molecule has 0 radical (unpaired) electrons. The molecule has 0 unspecified atom stereocenters. The molecule has 25 heavy (non-hydrogen) atoms. The van der Waals surface area contributed by atoms with Crippen LogP contribution in [-0.4, -0.2) is 16.8 Å². The Bertz CT molecular complexity index is 905. The molecular formula is C19H19N3O2S. The highest BCUT2D eigenvalue weighted by atomic mass is 32.1. The zero-order valence-corrected chi connectivity index (χ0v) is 14.9. The number of hydrogen-bond donors (Lipinski definition) is 2. The Labute approximate surface area is 150 Å². The SMILES string of the molecule is CC(=O)N[C@@H](CC(=O)Nc1nc2c(C)cccc2s1)c1ccccc1. The number of amides is 2.